The molecule has 118 valence electrons. The number of likely N-dealkylation sites (N-methyl/N-ethyl adjacent to an activating group) is 1. The smallest absolute Gasteiger partial charge is 0.131 e. The van der Waals surface area contributed by atoms with Crippen molar-refractivity contribution in [1.29, 1.82) is 0 Å². The summed E-state index contributed by atoms with van der Waals surface area (Å²) >= 11 is 0. The predicted molar refractivity (Wildman–Crippen MR) is 83.8 cm³/mol. The van der Waals surface area contributed by atoms with Crippen LogP contribution in [0.25, 0.3) is 0 Å². The molecule has 1 saturated carbocycles. The van der Waals surface area contributed by atoms with E-state index < -0.39 is 0 Å². The Bertz CT molecular complexity index is 480. The summed E-state index contributed by atoms with van der Waals surface area (Å²) in [6, 6.07) is 5.06. The maximum atomic E-state index is 14.1. The van der Waals surface area contributed by atoms with Crippen molar-refractivity contribution >= 4 is 0 Å². The number of ether oxygens (including phenoxy) is 1. The standard InChI is InChI=1S/C17H27FN2O/c1-13-5-4-8-17(10-13,12-19)20(2)11-14-6-7-15(21-3)9-16(14)18/h6-7,9,13H,4-5,8,10-12,19H2,1-3H3. The molecule has 0 radical (unpaired) electrons. The Labute approximate surface area is 127 Å². The lowest BCUT2D eigenvalue weighted by Gasteiger charge is -2.46. The molecule has 4 heteroatoms. The van der Waals surface area contributed by atoms with E-state index in [4.69, 9.17) is 10.5 Å². The van der Waals surface area contributed by atoms with Crippen LogP contribution < -0.4 is 10.5 Å². The number of nitrogens with zero attached hydrogens (tertiary/aromatic N) is 1. The molecule has 1 aromatic rings. The van der Waals surface area contributed by atoms with Crippen molar-refractivity contribution in [3.8, 4) is 5.75 Å². The van der Waals surface area contributed by atoms with Gasteiger partial charge in [-0.05, 0) is 31.9 Å². The molecule has 0 saturated heterocycles. The van der Waals surface area contributed by atoms with Gasteiger partial charge in [0.15, 0.2) is 0 Å². The summed E-state index contributed by atoms with van der Waals surface area (Å²) in [5, 5.41) is 0. The molecule has 1 aliphatic rings. The lowest BCUT2D eigenvalue weighted by atomic mass is 9.75. The summed E-state index contributed by atoms with van der Waals surface area (Å²) in [5.41, 5.74) is 6.79. The number of rotatable bonds is 5. The lowest BCUT2D eigenvalue weighted by molar-refractivity contribution is 0.0546. The van der Waals surface area contributed by atoms with Crippen molar-refractivity contribution < 1.29 is 9.13 Å². The Hall–Kier alpha value is -1.13. The molecule has 1 aromatic carbocycles. The second-order valence-electron chi connectivity index (χ2n) is 6.44. The van der Waals surface area contributed by atoms with Gasteiger partial charge in [-0.15, -0.1) is 0 Å². The number of nitrogens with two attached hydrogens (primary N) is 1. The third-order valence-corrected chi connectivity index (χ3v) is 4.92. The highest BCUT2D eigenvalue weighted by Gasteiger charge is 2.37. The van der Waals surface area contributed by atoms with E-state index in [-0.39, 0.29) is 11.4 Å². The van der Waals surface area contributed by atoms with E-state index in [2.05, 4.69) is 18.9 Å². The van der Waals surface area contributed by atoms with E-state index in [0.717, 1.165) is 12.8 Å². The van der Waals surface area contributed by atoms with Crippen LogP contribution in [0.5, 0.6) is 5.75 Å². The van der Waals surface area contributed by atoms with Gasteiger partial charge in [0.1, 0.15) is 11.6 Å². The molecule has 21 heavy (non-hydrogen) atoms. The zero-order valence-electron chi connectivity index (χ0n) is 13.4. The summed E-state index contributed by atoms with van der Waals surface area (Å²) in [6.07, 6.45) is 4.67. The van der Waals surface area contributed by atoms with Crippen molar-refractivity contribution in [3.63, 3.8) is 0 Å². The normalized spacial score (nSPS) is 26.1. The van der Waals surface area contributed by atoms with E-state index in [0.29, 0.717) is 30.3 Å². The summed E-state index contributed by atoms with van der Waals surface area (Å²) < 4.78 is 19.2. The van der Waals surface area contributed by atoms with E-state index in [1.807, 2.05) is 6.07 Å². The Morgan fingerprint density at radius 3 is 2.81 bits per heavy atom. The van der Waals surface area contributed by atoms with Crippen molar-refractivity contribution in [3.05, 3.63) is 29.6 Å². The Morgan fingerprint density at radius 2 is 2.24 bits per heavy atom. The van der Waals surface area contributed by atoms with Gasteiger partial charge in [0.05, 0.1) is 7.11 Å². The van der Waals surface area contributed by atoms with Gasteiger partial charge in [0, 0.05) is 30.3 Å². The van der Waals surface area contributed by atoms with Crippen molar-refractivity contribution in [2.45, 2.75) is 44.7 Å². The molecule has 1 aliphatic carbocycles. The van der Waals surface area contributed by atoms with Gasteiger partial charge in [-0.1, -0.05) is 25.8 Å². The van der Waals surface area contributed by atoms with Crippen LogP contribution >= 0.6 is 0 Å². The molecule has 0 aliphatic heterocycles. The van der Waals surface area contributed by atoms with Gasteiger partial charge in [-0.25, -0.2) is 4.39 Å². The number of methoxy groups -OCH3 is 1. The fraction of sp³-hybridized carbons (Fsp3) is 0.647. The van der Waals surface area contributed by atoms with Gasteiger partial charge in [-0.3, -0.25) is 4.90 Å². The van der Waals surface area contributed by atoms with E-state index in [9.17, 15) is 4.39 Å². The first kappa shape index (κ1) is 16.2. The van der Waals surface area contributed by atoms with Gasteiger partial charge < -0.3 is 10.5 Å². The maximum Gasteiger partial charge on any atom is 0.131 e. The minimum absolute atomic E-state index is 0.00400. The molecule has 2 N–H and O–H groups in total. The molecular formula is C17H27FN2O. The largest absolute Gasteiger partial charge is 0.497 e. The summed E-state index contributed by atoms with van der Waals surface area (Å²) in [5.74, 6) is 1.03. The second kappa shape index (κ2) is 6.75. The summed E-state index contributed by atoms with van der Waals surface area (Å²) in [6.45, 7) is 3.50. The summed E-state index contributed by atoms with van der Waals surface area (Å²) in [4.78, 5) is 2.24. The number of hydrogen-bond donors (Lipinski definition) is 1. The number of halogens is 1. The van der Waals surface area contributed by atoms with Crippen LogP contribution in [0.3, 0.4) is 0 Å². The van der Waals surface area contributed by atoms with Crippen LogP contribution in [0.2, 0.25) is 0 Å². The monoisotopic (exact) mass is 294 g/mol. The molecule has 0 heterocycles. The SMILES string of the molecule is COc1ccc(CN(C)C2(CN)CCCC(C)C2)c(F)c1. The van der Waals surface area contributed by atoms with Gasteiger partial charge >= 0.3 is 0 Å². The number of hydrogen-bond acceptors (Lipinski definition) is 3. The van der Waals surface area contributed by atoms with Crippen molar-refractivity contribution in [2.75, 3.05) is 20.7 Å². The van der Waals surface area contributed by atoms with E-state index >= 15 is 0 Å². The predicted octanol–water partition coefficient (Wildman–Crippen LogP) is 3.17. The Morgan fingerprint density at radius 1 is 1.48 bits per heavy atom. The van der Waals surface area contributed by atoms with Crippen LogP contribution in [0, 0.1) is 11.7 Å². The van der Waals surface area contributed by atoms with Gasteiger partial charge in [0.25, 0.3) is 0 Å². The van der Waals surface area contributed by atoms with Crippen LogP contribution in [-0.4, -0.2) is 31.1 Å². The third-order valence-electron chi connectivity index (χ3n) is 4.92. The molecule has 3 nitrogen and oxygen atoms in total. The zero-order chi connectivity index (χ0) is 15.5. The molecule has 2 atom stereocenters. The first-order chi connectivity index (χ1) is 10.0. The minimum Gasteiger partial charge on any atom is -0.497 e. The molecule has 1 fully saturated rings. The zero-order valence-corrected chi connectivity index (χ0v) is 13.4. The van der Waals surface area contributed by atoms with Crippen LogP contribution in [-0.2, 0) is 6.54 Å². The van der Waals surface area contributed by atoms with Crippen molar-refractivity contribution in [1.82, 2.24) is 4.90 Å². The highest BCUT2D eigenvalue weighted by Crippen LogP contribution is 2.36. The average Bonchev–Trinajstić information content (AvgIpc) is 2.48. The van der Waals surface area contributed by atoms with E-state index in [1.165, 1.54) is 18.9 Å². The first-order valence-electron chi connectivity index (χ1n) is 7.74. The summed E-state index contributed by atoms with van der Waals surface area (Å²) in [7, 11) is 3.61. The fourth-order valence-electron chi connectivity index (χ4n) is 3.53. The fourth-order valence-corrected chi connectivity index (χ4v) is 3.53. The topological polar surface area (TPSA) is 38.5 Å². The Balaban J connectivity index is 2.14. The first-order valence-corrected chi connectivity index (χ1v) is 7.74. The average molecular weight is 294 g/mol. The van der Waals surface area contributed by atoms with E-state index in [1.54, 1.807) is 13.2 Å². The molecule has 2 unspecified atom stereocenters. The molecule has 0 aromatic heterocycles. The lowest BCUT2D eigenvalue weighted by Crippen LogP contribution is -2.54. The third kappa shape index (κ3) is 3.55. The van der Waals surface area contributed by atoms with Crippen molar-refractivity contribution in [2.24, 2.45) is 11.7 Å². The highest BCUT2D eigenvalue weighted by atomic mass is 19.1. The van der Waals surface area contributed by atoms with Crippen LogP contribution in [0.4, 0.5) is 4.39 Å². The highest BCUT2D eigenvalue weighted by molar-refractivity contribution is 5.29. The number of benzene rings is 1. The minimum atomic E-state index is -0.211. The van der Waals surface area contributed by atoms with Gasteiger partial charge in [-0.2, -0.15) is 0 Å². The van der Waals surface area contributed by atoms with Crippen LogP contribution in [0.15, 0.2) is 18.2 Å². The quantitative estimate of drug-likeness (QED) is 0.906. The Kier molecular flexibility index (Phi) is 5.22. The molecule has 0 bridgehead atoms. The molecular weight excluding hydrogens is 267 g/mol. The molecule has 0 amide bonds. The van der Waals surface area contributed by atoms with Crippen LogP contribution in [0.1, 0.15) is 38.2 Å². The second-order valence-corrected chi connectivity index (χ2v) is 6.44. The molecule has 0 spiro atoms. The molecule has 2 rings (SSSR count). The van der Waals surface area contributed by atoms with Gasteiger partial charge in [0.2, 0.25) is 0 Å². The maximum absolute atomic E-state index is 14.1.